The Bertz CT molecular complexity index is 1740. The number of aromatic nitrogens is 1. The largest absolute Gasteiger partial charge is 0.348 e. The zero-order chi connectivity index (χ0) is 28.4. The van der Waals surface area contributed by atoms with Crippen LogP contribution in [0.25, 0.3) is 11.1 Å². The molecule has 1 aliphatic heterocycles. The van der Waals surface area contributed by atoms with Crippen molar-refractivity contribution < 1.29 is 13.2 Å². The van der Waals surface area contributed by atoms with Gasteiger partial charge in [0.1, 0.15) is 5.69 Å². The summed E-state index contributed by atoms with van der Waals surface area (Å²) in [5, 5.41) is 5.67. The van der Waals surface area contributed by atoms with Crippen LogP contribution < -0.4 is 14.9 Å². The Morgan fingerprint density at radius 2 is 1.70 bits per heavy atom. The van der Waals surface area contributed by atoms with Crippen LogP contribution >= 0.6 is 11.6 Å². The molecule has 0 fully saturated rings. The van der Waals surface area contributed by atoms with Gasteiger partial charge in [0.25, 0.3) is 15.9 Å². The maximum atomic E-state index is 12.8. The first-order valence-electron chi connectivity index (χ1n) is 12.6. The van der Waals surface area contributed by atoms with Crippen LogP contribution in [0.1, 0.15) is 39.7 Å². The molecule has 3 aromatic rings. The maximum Gasteiger partial charge on any atom is 0.283 e. The van der Waals surface area contributed by atoms with Gasteiger partial charge in [-0.2, -0.15) is 0 Å². The van der Waals surface area contributed by atoms with Crippen LogP contribution in [0.2, 0.25) is 0 Å². The molecule has 0 saturated carbocycles. The van der Waals surface area contributed by atoms with Crippen LogP contribution in [0, 0.1) is 25.1 Å². The topological polar surface area (TPSA) is 91.4 Å². The van der Waals surface area contributed by atoms with E-state index in [2.05, 4.69) is 55.5 Å². The van der Waals surface area contributed by atoms with Crippen molar-refractivity contribution in [3.8, 4) is 22.4 Å². The van der Waals surface area contributed by atoms with Crippen molar-refractivity contribution in [3.63, 3.8) is 0 Å². The van der Waals surface area contributed by atoms with Gasteiger partial charge >= 0.3 is 0 Å². The summed E-state index contributed by atoms with van der Waals surface area (Å²) in [6, 6.07) is 24.1. The summed E-state index contributed by atoms with van der Waals surface area (Å²) in [6.07, 6.45) is -0.0847. The van der Waals surface area contributed by atoms with Gasteiger partial charge < -0.3 is 10.2 Å². The molecule has 0 bridgehead atoms. The van der Waals surface area contributed by atoms with Gasteiger partial charge in [0.15, 0.2) is 5.82 Å². The highest BCUT2D eigenvalue weighted by Crippen LogP contribution is 2.37. The molecule has 0 radical (unpaired) electrons. The summed E-state index contributed by atoms with van der Waals surface area (Å²) in [5.74, 6) is 2.59. The summed E-state index contributed by atoms with van der Waals surface area (Å²) >= 11 is 5.53. The number of fused-ring (bicyclic) bond motifs is 2. The SMILES string of the molecule is Cc1ccc(S(=O)(=O)NC(=O)c2cc(C)c3c(n2)NC(C)N3Cc2cccc(C#CCl)c2)cc1.c1cc2ccc1-2. The molecule has 1 aromatic heterocycles. The molecule has 9 heteroatoms. The van der Waals surface area contributed by atoms with Crippen LogP contribution in [0.5, 0.6) is 0 Å². The number of rotatable bonds is 5. The second-order valence-corrected chi connectivity index (χ2v) is 11.6. The molecule has 2 aliphatic carbocycles. The minimum atomic E-state index is -4.01. The number of nitrogens with one attached hydrogen (secondary N) is 2. The molecular formula is C31H27ClN4O3S. The molecule has 1 atom stereocenters. The molecule has 1 unspecified atom stereocenters. The molecule has 0 saturated heterocycles. The van der Waals surface area contributed by atoms with Crippen molar-refractivity contribution in [2.24, 2.45) is 0 Å². The van der Waals surface area contributed by atoms with Gasteiger partial charge in [-0.1, -0.05) is 54.1 Å². The van der Waals surface area contributed by atoms with E-state index in [1.54, 1.807) is 18.2 Å². The Hall–Kier alpha value is -4.32. The van der Waals surface area contributed by atoms with E-state index >= 15 is 0 Å². The first-order valence-corrected chi connectivity index (χ1v) is 14.5. The van der Waals surface area contributed by atoms with Crippen LogP contribution in [0.4, 0.5) is 11.5 Å². The number of benzene rings is 3. The molecule has 0 spiro atoms. The number of nitrogens with zero attached hydrogens (tertiary/aromatic N) is 2. The predicted molar refractivity (Wildman–Crippen MR) is 159 cm³/mol. The minimum absolute atomic E-state index is 0.0170. The summed E-state index contributed by atoms with van der Waals surface area (Å²) in [5.41, 5.74) is 7.33. The van der Waals surface area contributed by atoms with Gasteiger partial charge in [-0.25, -0.2) is 18.1 Å². The van der Waals surface area contributed by atoms with E-state index in [4.69, 9.17) is 11.6 Å². The van der Waals surface area contributed by atoms with Crippen molar-refractivity contribution in [2.45, 2.75) is 38.4 Å². The van der Waals surface area contributed by atoms with Gasteiger partial charge in [-0.05, 0) is 90.9 Å². The zero-order valence-electron chi connectivity index (χ0n) is 22.2. The quantitative estimate of drug-likeness (QED) is 0.259. The van der Waals surface area contributed by atoms with Crippen molar-refractivity contribution >= 4 is 39.0 Å². The van der Waals surface area contributed by atoms with Gasteiger partial charge in [0.2, 0.25) is 0 Å². The van der Waals surface area contributed by atoms with E-state index in [0.29, 0.717) is 12.4 Å². The number of carbonyl (C=O) groups excluding carboxylic acids is 1. The Morgan fingerprint density at radius 3 is 2.30 bits per heavy atom. The Labute approximate surface area is 239 Å². The molecule has 7 nitrogen and oxygen atoms in total. The lowest BCUT2D eigenvalue weighted by Gasteiger charge is -2.25. The fraction of sp³-hybridized carbons (Fsp3) is 0.161. The number of hydrogen-bond donors (Lipinski definition) is 2. The first kappa shape index (κ1) is 27.3. The highest BCUT2D eigenvalue weighted by Gasteiger charge is 2.30. The standard InChI is InChI=1S/C25H23ClN4O3S.C6H4/c1-16-7-9-21(10-8-16)34(32,33)29-25(31)22-13-17(2)23-24(28-22)27-18(3)30(23)15-20-6-4-5-19(14-20)11-12-26;1-2-6-4-3-5(1)6/h4-10,13-14,18H,15H2,1-3H3,(H,27,28)(H,29,31);1-4H. The first-order chi connectivity index (χ1) is 19.1. The van der Waals surface area contributed by atoms with E-state index in [0.717, 1.165) is 27.9 Å². The molecule has 1 amide bonds. The van der Waals surface area contributed by atoms with Crippen molar-refractivity contribution in [1.29, 1.82) is 0 Å². The molecule has 6 rings (SSSR count). The summed E-state index contributed by atoms with van der Waals surface area (Å²) in [6.45, 7) is 6.31. The molecule has 2 N–H and O–H groups in total. The number of amides is 1. The number of carbonyl (C=O) groups is 1. The summed E-state index contributed by atoms with van der Waals surface area (Å²) in [7, 11) is -4.01. The smallest absolute Gasteiger partial charge is 0.283 e. The normalized spacial score (nSPS) is 14.1. The summed E-state index contributed by atoms with van der Waals surface area (Å²) < 4.78 is 27.4. The van der Waals surface area contributed by atoms with Gasteiger partial charge in [-0.15, -0.1) is 0 Å². The fourth-order valence-electron chi connectivity index (χ4n) is 4.54. The van der Waals surface area contributed by atoms with Gasteiger partial charge in [0, 0.05) is 17.5 Å². The second-order valence-electron chi connectivity index (χ2n) is 9.71. The Balaban J connectivity index is 0.000000467. The van der Waals surface area contributed by atoms with Gasteiger partial charge in [0.05, 0.1) is 16.7 Å². The lowest BCUT2D eigenvalue weighted by atomic mass is 9.95. The van der Waals surface area contributed by atoms with E-state index in [-0.39, 0.29) is 16.8 Å². The average Bonchev–Trinajstić information content (AvgIpc) is 3.22. The number of anilines is 2. The molecule has 3 aliphatic rings. The number of halogens is 1. The minimum Gasteiger partial charge on any atom is -0.348 e. The van der Waals surface area contributed by atoms with Crippen LogP contribution in [0.15, 0.2) is 83.8 Å². The highest BCUT2D eigenvalue weighted by molar-refractivity contribution is 7.90. The molecule has 202 valence electrons. The fourth-order valence-corrected chi connectivity index (χ4v) is 5.61. The van der Waals surface area contributed by atoms with Crippen molar-refractivity contribution in [3.05, 3.63) is 107 Å². The van der Waals surface area contributed by atoms with Crippen LogP contribution in [0.3, 0.4) is 0 Å². The van der Waals surface area contributed by atoms with Crippen molar-refractivity contribution in [1.82, 2.24) is 9.71 Å². The second kappa shape index (κ2) is 11.0. The van der Waals surface area contributed by atoms with E-state index in [9.17, 15) is 13.2 Å². The molecule has 40 heavy (non-hydrogen) atoms. The van der Waals surface area contributed by atoms with Crippen LogP contribution in [-0.4, -0.2) is 25.5 Å². The third-order valence-electron chi connectivity index (χ3n) is 6.76. The maximum absolute atomic E-state index is 12.8. The molecule has 2 heterocycles. The van der Waals surface area contributed by atoms with Crippen LogP contribution in [-0.2, 0) is 16.6 Å². The lowest BCUT2D eigenvalue weighted by Crippen LogP contribution is -2.32. The average molecular weight is 571 g/mol. The third-order valence-corrected chi connectivity index (χ3v) is 8.21. The van der Waals surface area contributed by atoms with Gasteiger partial charge in [-0.3, -0.25) is 4.79 Å². The van der Waals surface area contributed by atoms with E-state index in [1.807, 2.05) is 45.0 Å². The number of hydrogen-bond acceptors (Lipinski definition) is 6. The Morgan fingerprint density at radius 1 is 1.02 bits per heavy atom. The predicted octanol–water partition coefficient (Wildman–Crippen LogP) is 5.81. The van der Waals surface area contributed by atoms with Crippen molar-refractivity contribution in [2.75, 3.05) is 10.2 Å². The highest BCUT2D eigenvalue weighted by atomic mass is 35.5. The lowest BCUT2D eigenvalue weighted by molar-refractivity contribution is 0.0976. The third kappa shape index (κ3) is 5.67. The molecular weight excluding hydrogens is 544 g/mol. The Kier molecular flexibility index (Phi) is 7.53. The number of sulfonamides is 1. The summed E-state index contributed by atoms with van der Waals surface area (Å²) in [4.78, 5) is 19.4. The van der Waals surface area contributed by atoms with E-state index < -0.39 is 15.9 Å². The number of pyridine rings is 1. The molecule has 2 aromatic carbocycles. The zero-order valence-corrected chi connectivity index (χ0v) is 23.8. The van der Waals surface area contributed by atoms with E-state index in [1.165, 1.54) is 23.3 Å². The number of aryl methyl sites for hydroxylation is 2. The monoisotopic (exact) mass is 570 g/mol.